The van der Waals surface area contributed by atoms with Gasteiger partial charge in [0.25, 0.3) is 0 Å². The number of ketones is 1. The van der Waals surface area contributed by atoms with Gasteiger partial charge in [0.1, 0.15) is 5.75 Å². The van der Waals surface area contributed by atoms with Gasteiger partial charge in [-0.1, -0.05) is 19.9 Å². The van der Waals surface area contributed by atoms with Gasteiger partial charge < -0.3 is 10.8 Å². The Kier molecular flexibility index (Phi) is 3.25. The number of aromatic hydroxyl groups is 1. The van der Waals surface area contributed by atoms with Crippen LogP contribution in [0.1, 0.15) is 35.7 Å². The summed E-state index contributed by atoms with van der Waals surface area (Å²) in [5.74, 6) is 0.118. The van der Waals surface area contributed by atoms with E-state index in [-0.39, 0.29) is 18.1 Å². The molecule has 3 nitrogen and oxygen atoms in total. The first kappa shape index (κ1) is 10.7. The van der Waals surface area contributed by atoms with Gasteiger partial charge in [-0.2, -0.15) is 0 Å². The third-order valence-corrected chi connectivity index (χ3v) is 2.17. The highest BCUT2D eigenvalue weighted by atomic mass is 16.3. The molecule has 14 heavy (non-hydrogen) atoms. The standard InChI is InChI=1S/C11H15NO2/c1-7(2)8-3-4-9(10(13)5-8)11(14)6-12/h3-5,7,13H,6,12H2,1-2H3. The van der Waals surface area contributed by atoms with Gasteiger partial charge in [0.05, 0.1) is 12.1 Å². The summed E-state index contributed by atoms with van der Waals surface area (Å²) in [4.78, 5) is 11.2. The number of hydrogen-bond acceptors (Lipinski definition) is 3. The van der Waals surface area contributed by atoms with E-state index < -0.39 is 0 Å². The highest BCUT2D eigenvalue weighted by Crippen LogP contribution is 2.23. The molecule has 0 heterocycles. The molecule has 0 unspecified atom stereocenters. The van der Waals surface area contributed by atoms with Crippen LogP contribution in [-0.4, -0.2) is 17.4 Å². The molecule has 0 aromatic heterocycles. The summed E-state index contributed by atoms with van der Waals surface area (Å²) in [6, 6.07) is 5.08. The molecule has 1 aromatic carbocycles. The number of phenolic OH excluding ortho intramolecular Hbond substituents is 1. The maximum absolute atomic E-state index is 11.2. The Morgan fingerprint density at radius 1 is 1.50 bits per heavy atom. The van der Waals surface area contributed by atoms with E-state index in [1.165, 1.54) is 0 Å². The highest BCUT2D eigenvalue weighted by molar-refractivity contribution is 5.99. The number of phenols is 1. The van der Waals surface area contributed by atoms with Gasteiger partial charge in [-0.25, -0.2) is 0 Å². The van der Waals surface area contributed by atoms with Crippen LogP contribution in [0.3, 0.4) is 0 Å². The van der Waals surface area contributed by atoms with Crippen LogP contribution in [0, 0.1) is 0 Å². The van der Waals surface area contributed by atoms with Crippen molar-refractivity contribution < 1.29 is 9.90 Å². The molecule has 76 valence electrons. The molecular formula is C11H15NO2. The molecule has 0 saturated carbocycles. The van der Waals surface area contributed by atoms with Crippen molar-refractivity contribution >= 4 is 5.78 Å². The number of nitrogens with two attached hydrogens (primary N) is 1. The predicted octanol–water partition coefficient (Wildman–Crippen LogP) is 1.66. The van der Waals surface area contributed by atoms with Crippen LogP contribution < -0.4 is 5.73 Å². The summed E-state index contributed by atoms with van der Waals surface area (Å²) in [6.45, 7) is 3.98. The van der Waals surface area contributed by atoms with Crippen molar-refractivity contribution in [3.63, 3.8) is 0 Å². The van der Waals surface area contributed by atoms with Crippen molar-refractivity contribution in [3.05, 3.63) is 29.3 Å². The van der Waals surface area contributed by atoms with E-state index in [1.807, 2.05) is 19.9 Å². The fraction of sp³-hybridized carbons (Fsp3) is 0.364. The summed E-state index contributed by atoms with van der Waals surface area (Å²) in [7, 11) is 0. The van der Waals surface area contributed by atoms with Crippen molar-refractivity contribution in [3.8, 4) is 5.75 Å². The maximum atomic E-state index is 11.2. The third kappa shape index (κ3) is 2.12. The van der Waals surface area contributed by atoms with Crippen LogP contribution in [0.5, 0.6) is 5.75 Å². The topological polar surface area (TPSA) is 63.3 Å². The second-order valence-electron chi connectivity index (χ2n) is 3.56. The molecule has 0 bridgehead atoms. The van der Waals surface area contributed by atoms with E-state index in [0.717, 1.165) is 5.56 Å². The minimum absolute atomic E-state index is 0.0200. The van der Waals surface area contributed by atoms with Crippen LogP contribution in [0.4, 0.5) is 0 Å². The van der Waals surface area contributed by atoms with E-state index in [0.29, 0.717) is 11.5 Å². The van der Waals surface area contributed by atoms with Gasteiger partial charge in [0.2, 0.25) is 0 Å². The van der Waals surface area contributed by atoms with Gasteiger partial charge >= 0.3 is 0 Å². The van der Waals surface area contributed by atoms with Gasteiger partial charge in [-0.3, -0.25) is 4.79 Å². The molecule has 0 saturated heterocycles. The minimum Gasteiger partial charge on any atom is -0.507 e. The maximum Gasteiger partial charge on any atom is 0.180 e. The Morgan fingerprint density at radius 2 is 2.14 bits per heavy atom. The molecule has 0 aliphatic rings. The molecule has 0 aliphatic heterocycles. The quantitative estimate of drug-likeness (QED) is 0.717. The van der Waals surface area contributed by atoms with E-state index >= 15 is 0 Å². The smallest absolute Gasteiger partial charge is 0.180 e. The first-order valence-electron chi connectivity index (χ1n) is 4.62. The summed E-state index contributed by atoms with van der Waals surface area (Å²) >= 11 is 0. The average Bonchev–Trinajstić information content (AvgIpc) is 2.16. The van der Waals surface area contributed by atoms with Gasteiger partial charge in [0.15, 0.2) is 5.78 Å². The van der Waals surface area contributed by atoms with Crippen LogP contribution in [-0.2, 0) is 0 Å². The fourth-order valence-electron chi connectivity index (χ4n) is 1.25. The van der Waals surface area contributed by atoms with Gasteiger partial charge in [0, 0.05) is 0 Å². The largest absolute Gasteiger partial charge is 0.507 e. The summed E-state index contributed by atoms with van der Waals surface area (Å²) in [5, 5.41) is 9.57. The SMILES string of the molecule is CC(C)c1ccc(C(=O)CN)c(O)c1. The summed E-state index contributed by atoms with van der Waals surface area (Å²) in [5.41, 5.74) is 6.52. The number of hydrogen-bond donors (Lipinski definition) is 2. The molecule has 0 atom stereocenters. The number of Topliss-reactive ketones (excluding diaryl/α,β-unsaturated/α-hetero) is 1. The van der Waals surface area contributed by atoms with Crippen molar-refractivity contribution in [2.75, 3.05) is 6.54 Å². The molecule has 0 amide bonds. The molecule has 1 rings (SSSR count). The van der Waals surface area contributed by atoms with Gasteiger partial charge in [-0.05, 0) is 23.6 Å². The van der Waals surface area contributed by atoms with E-state index in [4.69, 9.17) is 5.73 Å². The Bertz CT molecular complexity index is 345. The Morgan fingerprint density at radius 3 is 2.57 bits per heavy atom. The number of carbonyl (C=O) groups excluding carboxylic acids is 1. The summed E-state index contributed by atoms with van der Waals surface area (Å²) < 4.78 is 0. The zero-order valence-electron chi connectivity index (χ0n) is 8.45. The second-order valence-corrected chi connectivity index (χ2v) is 3.56. The molecule has 3 heteroatoms. The lowest BCUT2D eigenvalue weighted by atomic mass is 9.99. The van der Waals surface area contributed by atoms with Crippen LogP contribution in [0.15, 0.2) is 18.2 Å². The Labute approximate surface area is 83.6 Å². The van der Waals surface area contributed by atoms with Crippen molar-refractivity contribution in [2.24, 2.45) is 5.73 Å². The normalized spacial score (nSPS) is 10.6. The highest BCUT2D eigenvalue weighted by Gasteiger charge is 2.10. The molecule has 3 N–H and O–H groups in total. The summed E-state index contributed by atoms with van der Waals surface area (Å²) in [6.07, 6.45) is 0. The van der Waals surface area contributed by atoms with Crippen LogP contribution >= 0.6 is 0 Å². The number of carbonyl (C=O) groups is 1. The lowest BCUT2D eigenvalue weighted by Gasteiger charge is -2.08. The number of benzene rings is 1. The Hall–Kier alpha value is -1.35. The molecule has 0 radical (unpaired) electrons. The zero-order chi connectivity index (χ0) is 10.7. The fourth-order valence-corrected chi connectivity index (χ4v) is 1.25. The third-order valence-electron chi connectivity index (χ3n) is 2.17. The second kappa shape index (κ2) is 4.24. The van der Waals surface area contributed by atoms with Gasteiger partial charge in [-0.15, -0.1) is 0 Å². The van der Waals surface area contributed by atoms with Crippen molar-refractivity contribution in [1.82, 2.24) is 0 Å². The molecule has 0 spiro atoms. The monoisotopic (exact) mass is 193 g/mol. The Balaban J connectivity index is 3.07. The minimum atomic E-state index is -0.238. The molecule has 0 fully saturated rings. The van der Waals surface area contributed by atoms with Crippen molar-refractivity contribution in [1.29, 1.82) is 0 Å². The molecular weight excluding hydrogens is 178 g/mol. The van der Waals surface area contributed by atoms with Crippen LogP contribution in [0.2, 0.25) is 0 Å². The first-order chi connectivity index (χ1) is 6.56. The van der Waals surface area contributed by atoms with Crippen molar-refractivity contribution in [2.45, 2.75) is 19.8 Å². The van der Waals surface area contributed by atoms with E-state index in [1.54, 1.807) is 12.1 Å². The molecule has 1 aromatic rings. The van der Waals surface area contributed by atoms with E-state index in [2.05, 4.69) is 0 Å². The lowest BCUT2D eigenvalue weighted by molar-refractivity contribution is 0.0999. The number of rotatable bonds is 3. The average molecular weight is 193 g/mol. The van der Waals surface area contributed by atoms with E-state index in [9.17, 15) is 9.90 Å². The lowest BCUT2D eigenvalue weighted by Crippen LogP contribution is -2.13. The van der Waals surface area contributed by atoms with Crippen LogP contribution in [0.25, 0.3) is 0 Å². The predicted molar refractivity (Wildman–Crippen MR) is 55.6 cm³/mol. The molecule has 0 aliphatic carbocycles. The first-order valence-corrected chi connectivity index (χ1v) is 4.62. The zero-order valence-corrected chi connectivity index (χ0v) is 8.45.